The molecule has 4 rings (SSSR count). The molecule has 1 aromatic rings. The van der Waals surface area contributed by atoms with E-state index in [-0.39, 0.29) is 35.3 Å². The Hall–Kier alpha value is -2.45. The van der Waals surface area contributed by atoms with Gasteiger partial charge in [-0.2, -0.15) is 0 Å². The third kappa shape index (κ3) is 4.00. The van der Waals surface area contributed by atoms with Gasteiger partial charge in [-0.3, -0.25) is 4.79 Å². The Balaban J connectivity index is 1.29. The van der Waals surface area contributed by atoms with Gasteiger partial charge >= 0.3 is 12.5 Å². The van der Waals surface area contributed by atoms with Crippen molar-refractivity contribution in [2.75, 3.05) is 20.2 Å². The smallest absolute Gasteiger partial charge is 0.453 e. The Morgan fingerprint density at radius 1 is 1.21 bits per heavy atom. The van der Waals surface area contributed by atoms with E-state index in [1.807, 2.05) is 17.9 Å². The Labute approximate surface area is 166 Å². The fraction of sp³-hybridized carbons (Fsp3) is 0.600. The van der Waals surface area contributed by atoms with Crippen LogP contribution in [0.5, 0.6) is 5.75 Å². The summed E-state index contributed by atoms with van der Waals surface area (Å²) in [6, 6.07) is 6.12. The number of benzene rings is 1. The minimum Gasteiger partial charge on any atom is -0.453 e. The molecule has 3 aliphatic rings. The summed E-state index contributed by atoms with van der Waals surface area (Å²) in [6.45, 7) is 3.13. The van der Waals surface area contributed by atoms with E-state index in [0.29, 0.717) is 25.9 Å². The number of carbonyl (C=O) groups excluding carboxylic acids is 2. The number of carbonyl (C=O) groups is 2. The van der Waals surface area contributed by atoms with E-state index in [2.05, 4.69) is 14.8 Å². The van der Waals surface area contributed by atoms with E-state index in [0.717, 1.165) is 5.56 Å². The Kier molecular flexibility index (Phi) is 4.66. The van der Waals surface area contributed by atoms with Crippen LogP contribution in [0.15, 0.2) is 24.3 Å². The van der Waals surface area contributed by atoms with Crippen molar-refractivity contribution in [3.8, 4) is 5.75 Å². The quantitative estimate of drug-likeness (QED) is 0.824. The van der Waals surface area contributed by atoms with Gasteiger partial charge in [-0.25, -0.2) is 4.79 Å². The highest BCUT2D eigenvalue weighted by atomic mass is 19.4. The molecule has 1 aromatic carbocycles. The fourth-order valence-corrected chi connectivity index (χ4v) is 4.98. The third-order valence-electron chi connectivity index (χ3n) is 6.31. The fourth-order valence-electron chi connectivity index (χ4n) is 4.98. The van der Waals surface area contributed by atoms with Crippen molar-refractivity contribution in [2.45, 2.75) is 37.6 Å². The molecule has 0 spiro atoms. The third-order valence-corrected chi connectivity index (χ3v) is 6.31. The zero-order chi connectivity index (χ0) is 21.0. The summed E-state index contributed by atoms with van der Waals surface area (Å²) in [5, 5.41) is 2.76. The van der Waals surface area contributed by atoms with Crippen LogP contribution in [0.3, 0.4) is 0 Å². The number of nitrogens with one attached hydrogen (secondary N) is 1. The lowest BCUT2D eigenvalue weighted by molar-refractivity contribution is -0.274. The summed E-state index contributed by atoms with van der Waals surface area (Å²) >= 11 is 0. The van der Waals surface area contributed by atoms with Gasteiger partial charge in [0.15, 0.2) is 0 Å². The van der Waals surface area contributed by atoms with E-state index >= 15 is 0 Å². The summed E-state index contributed by atoms with van der Waals surface area (Å²) in [5.41, 5.74) is 0.407. The molecule has 1 unspecified atom stereocenters. The van der Waals surface area contributed by atoms with E-state index in [1.54, 1.807) is 6.07 Å². The standard InChI is InChI=1S/C20H23F3N2O4/c1-19(24-18(27)28-2)7-12(8-19)17(26)25-9-14-15(10-25)16(14)11-4-3-5-13(6-11)29-20(21,22)23/h3-6,12,14-16H,7-10H2,1-2H3,(H,24,27)/t12?,14-,15+,16?,19?. The topological polar surface area (TPSA) is 67.9 Å². The maximum absolute atomic E-state index is 12.7. The minimum atomic E-state index is -4.71. The minimum absolute atomic E-state index is 0.0919. The zero-order valence-corrected chi connectivity index (χ0v) is 16.2. The molecule has 2 saturated carbocycles. The van der Waals surface area contributed by atoms with Crippen LogP contribution in [0, 0.1) is 17.8 Å². The van der Waals surface area contributed by atoms with Crippen molar-refractivity contribution in [3.63, 3.8) is 0 Å². The van der Waals surface area contributed by atoms with Crippen LogP contribution >= 0.6 is 0 Å². The second-order valence-corrected chi connectivity index (χ2v) is 8.50. The van der Waals surface area contributed by atoms with Crippen molar-refractivity contribution in [1.29, 1.82) is 0 Å². The van der Waals surface area contributed by atoms with E-state index in [9.17, 15) is 22.8 Å². The number of ether oxygens (including phenoxy) is 2. The monoisotopic (exact) mass is 412 g/mol. The molecule has 0 radical (unpaired) electrons. The normalized spacial score (nSPS) is 32.8. The maximum Gasteiger partial charge on any atom is 0.573 e. The molecule has 2 amide bonds. The molecule has 3 fully saturated rings. The van der Waals surface area contributed by atoms with Crippen molar-refractivity contribution in [1.82, 2.24) is 10.2 Å². The molecule has 0 bridgehead atoms. The molecule has 9 heteroatoms. The predicted molar refractivity (Wildman–Crippen MR) is 96.1 cm³/mol. The van der Waals surface area contributed by atoms with Crippen LogP contribution in [0.2, 0.25) is 0 Å². The number of likely N-dealkylation sites (tertiary alicyclic amines) is 1. The molecule has 0 aromatic heterocycles. The first-order chi connectivity index (χ1) is 13.6. The molecule has 158 valence electrons. The largest absolute Gasteiger partial charge is 0.573 e. The summed E-state index contributed by atoms with van der Waals surface area (Å²) in [5.74, 6) is 0.494. The van der Waals surface area contributed by atoms with Crippen molar-refractivity contribution in [3.05, 3.63) is 29.8 Å². The highest BCUT2D eigenvalue weighted by molar-refractivity contribution is 5.81. The maximum atomic E-state index is 12.7. The number of hydrogen-bond acceptors (Lipinski definition) is 4. The van der Waals surface area contributed by atoms with Gasteiger partial charge in [0.2, 0.25) is 5.91 Å². The van der Waals surface area contributed by atoms with E-state index < -0.39 is 18.0 Å². The van der Waals surface area contributed by atoms with Crippen LogP contribution in [-0.4, -0.2) is 49.0 Å². The molecular weight excluding hydrogens is 389 g/mol. The molecule has 29 heavy (non-hydrogen) atoms. The first kappa shape index (κ1) is 19.8. The first-order valence-electron chi connectivity index (χ1n) is 9.59. The number of amides is 2. The first-order valence-corrected chi connectivity index (χ1v) is 9.59. The van der Waals surface area contributed by atoms with Crippen LogP contribution in [0.1, 0.15) is 31.2 Å². The summed E-state index contributed by atoms with van der Waals surface area (Å²) < 4.78 is 45.9. The Morgan fingerprint density at radius 2 is 1.86 bits per heavy atom. The Bertz CT molecular complexity index is 810. The van der Waals surface area contributed by atoms with Gasteiger partial charge in [0, 0.05) is 24.5 Å². The average molecular weight is 412 g/mol. The predicted octanol–water partition coefficient (Wildman–Crippen LogP) is 3.28. The SMILES string of the molecule is COC(=O)NC1(C)CC(C(=O)N2C[C@@H]3C(c4cccc(OC(F)(F)F)c4)[C@@H]3C2)C1. The molecule has 1 heterocycles. The van der Waals surface area contributed by atoms with Crippen molar-refractivity contribution < 1.29 is 32.2 Å². The number of hydrogen-bond donors (Lipinski definition) is 1. The van der Waals surface area contributed by atoms with Gasteiger partial charge in [-0.15, -0.1) is 13.2 Å². The number of piperidine rings is 1. The van der Waals surface area contributed by atoms with Gasteiger partial charge in [0.1, 0.15) is 5.75 Å². The number of alkyl halides is 3. The van der Waals surface area contributed by atoms with Crippen LogP contribution in [0.4, 0.5) is 18.0 Å². The van der Waals surface area contributed by atoms with Crippen LogP contribution < -0.4 is 10.1 Å². The van der Waals surface area contributed by atoms with Gasteiger partial charge in [-0.05, 0) is 55.2 Å². The second-order valence-electron chi connectivity index (χ2n) is 8.50. The lowest BCUT2D eigenvalue weighted by atomic mass is 9.69. The highest BCUT2D eigenvalue weighted by Crippen LogP contribution is 2.59. The Morgan fingerprint density at radius 3 is 2.45 bits per heavy atom. The van der Waals surface area contributed by atoms with Crippen molar-refractivity contribution >= 4 is 12.0 Å². The van der Waals surface area contributed by atoms with Crippen LogP contribution in [-0.2, 0) is 9.53 Å². The van der Waals surface area contributed by atoms with Gasteiger partial charge in [0.25, 0.3) is 0 Å². The van der Waals surface area contributed by atoms with Gasteiger partial charge in [0.05, 0.1) is 7.11 Å². The average Bonchev–Trinajstić information content (AvgIpc) is 3.11. The van der Waals surface area contributed by atoms with Crippen LogP contribution in [0.25, 0.3) is 0 Å². The van der Waals surface area contributed by atoms with E-state index in [4.69, 9.17) is 0 Å². The lowest BCUT2D eigenvalue weighted by Crippen LogP contribution is -2.58. The lowest BCUT2D eigenvalue weighted by Gasteiger charge is -2.45. The number of methoxy groups -OCH3 is 1. The summed E-state index contributed by atoms with van der Waals surface area (Å²) in [4.78, 5) is 26.0. The molecular formula is C20H23F3N2O4. The summed E-state index contributed by atoms with van der Waals surface area (Å²) in [6.07, 6.45) is -4.05. The molecule has 3 atom stereocenters. The number of nitrogens with zero attached hydrogens (tertiary/aromatic N) is 1. The number of alkyl carbamates (subject to hydrolysis) is 1. The second kappa shape index (κ2) is 6.81. The number of fused-ring (bicyclic) bond motifs is 1. The zero-order valence-electron chi connectivity index (χ0n) is 16.2. The molecule has 2 aliphatic carbocycles. The molecule has 1 N–H and O–H groups in total. The molecule has 1 aliphatic heterocycles. The van der Waals surface area contributed by atoms with Gasteiger partial charge in [-0.1, -0.05) is 12.1 Å². The molecule has 1 saturated heterocycles. The number of rotatable bonds is 4. The summed E-state index contributed by atoms with van der Waals surface area (Å²) in [7, 11) is 1.30. The number of halogens is 3. The molecule has 6 nitrogen and oxygen atoms in total. The van der Waals surface area contributed by atoms with E-state index in [1.165, 1.54) is 19.2 Å². The highest BCUT2D eigenvalue weighted by Gasteiger charge is 2.58. The van der Waals surface area contributed by atoms with Crippen molar-refractivity contribution in [2.24, 2.45) is 17.8 Å². The van der Waals surface area contributed by atoms with Gasteiger partial charge < -0.3 is 19.7 Å².